The van der Waals surface area contributed by atoms with Crippen LogP contribution in [0.5, 0.6) is 0 Å². The van der Waals surface area contributed by atoms with Crippen LogP contribution in [0.1, 0.15) is 6.42 Å². The molecule has 0 aliphatic carbocycles. The van der Waals surface area contributed by atoms with E-state index in [4.69, 9.17) is 11.6 Å². The molecular formula is C25H21ClFN3O5S. The molecular weight excluding hydrogens is 509 g/mol. The second kappa shape index (κ2) is 10.1. The van der Waals surface area contributed by atoms with Crippen LogP contribution in [0.15, 0.2) is 71.6 Å². The molecule has 36 heavy (non-hydrogen) atoms. The first-order valence-corrected chi connectivity index (χ1v) is 13.0. The standard InChI is InChI=1S/C25H21ClFN3O5S/c1-36(34,35)23-5-3-2-4-19(23)15-6-11-21(20(27)12-15)29-24(32)22-13-18(31)14-30(22)25(33)28-17-9-7-16(26)8-10-17/h2-12,22H,13-14H2,1H3,(H,28,33)(H,29,32). The molecule has 1 atom stereocenters. The molecule has 0 radical (unpaired) electrons. The number of amides is 3. The smallest absolute Gasteiger partial charge is 0.322 e. The van der Waals surface area contributed by atoms with Crippen LogP contribution < -0.4 is 10.6 Å². The summed E-state index contributed by atoms with van der Waals surface area (Å²) >= 11 is 5.84. The Hall–Kier alpha value is -3.76. The Bertz CT molecular complexity index is 1460. The van der Waals surface area contributed by atoms with E-state index in [1.165, 1.54) is 18.2 Å². The third kappa shape index (κ3) is 5.55. The lowest BCUT2D eigenvalue weighted by Crippen LogP contribution is -2.45. The zero-order valence-corrected chi connectivity index (χ0v) is 20.6. The van der Waals surface area contributed by atoms with E-state index in [0.29, 0.717) is 21.8 Å². The summed E-state index contributed by atoms with van der Waals surface area (Å²) in [6.07, 6.45) is 0.857. The van der Waals surface area contributed by atoms with Crippen molar-refractivity contribution in [1.29, 1.82) is 0 Å². The predicted octanol–water partition coefficient (Wildman–Crippen LogP) is 4.36. The van der Waals surface area contributed by atoms with E-state index >= 15 is 0 Å². The summed E-state index contributed by atoms with van der Waals surface area (Å²) in [6, 6.07) is 14.6. The van der Waals surface area contributed by atoms with Crippen LogP contribution in [0.4, 0.5) is 20.6 Å². The van der Waals surface area contributed by atoms with Crippen molar-refractivity contribution in [2.45, 2.75) is 17.4 Å². The van der Waals surface area contributed by atoms with Crippen LogP contribution in [-0.4, -0.2) is 49.9 Å². The highest BCUT2D eigenvalue weighted by molar-refractivity contribution is 7.90. The number of hydrogen-bond acceptors (Lipinski definition) is 5. The maximum absolute atomic E-state index is 14.9. The van der Waals surface area contributed by atoms with E-state index in [1.807, 2.05) is 0 Å². The highest BCUT2D eigenvalue weighted by Crippen LogP contribution is 2.30. The van der Waals surface area contributed by atoms with Crippen molar-refractivity contribution in [1.82, 2.24) is 4.90 Å². The van der Waals surface area contributed by atoms with Crippen molar-refractivity contribution in [3.63, 3.8) is 0 Å². The number of carbonyl (C=O) groups is 3. The highest BCUT2D eigenvalue weighted by atomic mass is 35.5. The molecule has 11 heteroatoms. The fourth-order valence-corrected chi connectivity index (χ4v) is 4.93. The normalized spacial score (nSPS) is 15.6. The van der Waals surface area contributed by atoms with Gasteiger partial charge in [-0.1, -0.05) is 35.9 Å². The van der Waals surface area contributed by atoms with Gasteiger partial charge in [0.05, 0.1) is 17.1 Å². The number of Topliss-reactive ketones (excluding diaryl/α,β-unsaturated/α-hetero) is 1. The van der Waals surface area contributed by atoms with E-state index in [-0.39, 0.29) is 29.3 Å². The number of hydrogen-bond donors (Lipinski definition) is 2. The van der Waals surface area contributed by atoms with Crippen molar-refractivity contribution in [2.24, 2.45) is 0 Å². The summed E-state index contributed by atoms with van der Waals surface area (Å²) in [6.45, 7) is -0.263. The first kappa shape index (κ1) is 25.3. The molecule has 0 spiro atoms. The van der Waals surface area contributed by atoms with E-state index in [2.05, 4.69) is 10.6 Å². The molecule has 2 N–H and O–H groups in total. The molecule has 1 fully saturated rings. The molecule has 1 unspecified atom stereocenters. The summed E-state index contributed by atoms with van der Waals surface area (Å²) in [4.78, 5) is 38.8. The zero-order valence-electron chi connectivity index (χ0n) is 19.0. The van der Waals surface area contributed by atoms with Gasteiger partial charge in [0.25, 0.3) is 0 Å². The van der Waals surface area contributed by atoms with Crippen molar-refractivity contribution in [2.75, 3.05) is 23.4 Å². The van der Waals surface area contributed by atoms with Gasteiger partial charge in [-0.2, -0.15) is 0 Å². The number of rotatable bonds is 5. The lowest BCUT2D eigenvalue weighted by atomic mass is 10.0. The number of halogens is 2. The lowest BCUT2D eigenvalue weighted by molar-refractivity contribution is -0.121. The van der Waals surface area contributed by atoms with Gasteiger partial charge in [0.2, 0.25) is 5.91 Å². The molecule has 0 saturated carbocycles. The minimum Gasteiger partial charge on any atom is -0.322 e. The number of ketones is 1. The summed E-state index contributed by atoms with van der Waals surface area (Å²) < 4.78 is 39.1. The third-order valence-corrected chi connectivity index (χ3v) is 7.03. The molecule has 3 aromatic carbocycles. The highest BCUT2D eigenvalue weighted by Gasteiger charge is 2.39. The minimum absolute atomic E-state index is 0.0491. The predicted molar refractivity (Wildman–Crippen MR) is 134 cm³/mol. The third-order valence-electron chi connectivity index (χ3n) is 5.63. The Labute approximate surface area is 212 Å². The van der Waals surface area contributed by atoms with Crippen LogP contribution >= 0.6 is 11.6 Å². The second-order valence-corrected chi connectivity index (χ2v) is 10.7. The van der Waals surface area contributed by atoms with Gasteiger partial charge in [-0.05, 0) is 48.0 Å². The van der Waals surface area contributed by atoms with Crippen molar-refractivity contribution < 1.29 is 27.2 Å². The number of sulfone groups is 1. The van der Waals surface area contributed by atoms with Gasteiger partial charge < -0.3 is 15.5 Å². The Morgan fingerprint density at radius 2 is 1.72 bits per heavy atom. The molecule has 0 bridgehead atoms. The van der Waals surface area contributed by atoms with Gasteiger partial charge >= 0.3 is 6.03 Å². The summed E-state index contributed by atoms with van der Waals surface area (Å²) in [5.74, 6) is -1.84. The maximum atomic E-state index is 14.9. The second-order valence-electron chi connectivity index (χ2n) is 8.28. The van der Waals surface area contributed by atoms with Crippen LogP contribution in [0.3, 0.4) is 0 Å². The molecule has 186 valence electrons. The van der Waals surface area contributed by atoms with Crippen molar-refractivity contribution in [3.8, 4) is 11.1 Å². The first-order chi connectivity index (χ1) is 17.0. The van der Waals surface area contributed by atoms with Gasteiger partial charge in [-0.25, -0.2) is 17.6 Å². The summed E-state index contributed by atoms with van der Waals surface area (Å²) in [5, 5.41) is 5.52. The topological polar surface area (TPSA) is 113 Å². The average molecular weight is 530 g/mol. The Balaban J connectivity index is 1.52. The van der Waals surface area contributed by atoms with E-state index < -0.39 is 33.6 Å². The van der Waals surface area contributed by atoms with Crippen molar-refractivity contribution in [3.05, 3.63) is 77.6 Å². The minimum atomic E-state index is -3.55. The molecule has 4 rings (SSSR count). The van der Waals surface area contributed by atoms with Gasteiger partial charge in [0.15, 0.2) is 15.6 Å². The first-order valence-electron chi connectivity index (χ1n) is 10.8. The van der Waals surface area contributed by atoms with E-state index in [0.717, 1.165) is 17.2 Å². The van der Waals surface area contributed by atoms with Gasteiger partial charge in [0, 0.05) is 29.0 Å². The van der Waals surface area contributed by atoms with Crippen molar-refractivity contribution >= 4 is 50.5 Å². The number of benzene rings is 3. The molecule has 1 aliphatic heterocycles. The molecule has 1 saturated heterocycles. The number of anilines is 2. The van der Waals surface area contributed by atoms with Gasteiger partial charge in [-0.3, -0.25) is 9.59 Å². The lowest BCUT2D eigenvalue weighted by Gasteiger charge is -2.23. The van der Waals surface area contributed by atoms with Crippen LogP contribution in [0, 0.1) is 5.82 Å². The fraction of sp³-hybridized carbons (Fsp3) is 0.160. The average Bonchev–Trinajstić information content (AvgIpc) is 3.23. The molecule has 1 aliphatic rings. The number of urea groups is 1. The Morgan fingerprint density at radius 1 is 1.03 bits per heavy atom. The number of nitrogens with one attached hydrogen (secondary N) is 2. The molecule has 1 heterocycles. The number of nitrogens with zero attached hydrogens (tertiary/aromatic N) is 1. The van der Waals surface area contributed by atoms with E-state index in [1.54, 1.807) is 42.5 Å². The number of likely N-dealkylation sites (tertiary alicyclic amines) is 1. The molecule has 3 aromatic rings. The molecule has 0 aromatic heterocycles. The summed E-state index contributed by atoms with van der Waals surface area (Å²) in [5.41, 5.74) is 0.895. The Morgan fingerprint density at radius 3 is 2.39 bits per heavy atom. The van der Waals surface area contributed by atoms with Crippen LogP contribution in [0.2, 0.25) is 5.02 Å². The zero-order chi connectivity index (χ0) is 26.0. The Kier molecular flexibility index (Phi) is 7.09. The van der Waals surface area contributed by atoms with Gasteiger partial charge in [-0.15, -0.1) is 0 Å². The monoisotopic (exact) mass is 529 g/mol. The SMILES string of the molecule is CS(=O)(=O)c1ccccc1-c1ccc(NC(=O)C2CC(=O)CN2C(=O)Nc2ccc(Cl)cc2)c(F)c1. The fourth-order valence-electron chi connectivity index (χ4n) is 3.90. The van der Waals surface area contributed by atoms with Crippen LogP contribution in [-0.2, 0) is 19.4 Å². The largest absolute Gasteiger partial charge is 0.322 e. The molecule has 8 nitrogen and oxygen atoms in total. The van der Waals surface area contributed by atoms with Gasteiger partial charge in [0.1, 0.15) is 11.9 Å². The van der Waals surface area contributed by atoms with Crippen LogP contribution in [0.25, 0.3) is 11.1 Å². The summed E-state index contributed by atoms with van der Waals surface area (Å²) in [7, 11) is -3.55. The van der Waals surface area contributed by atoms with E-state index in [9.17, 15) is 27.2 Å². The maximum Gasteiger partial charge on any atom is 0.322 e. The molecule has 3 amide bonds. The quantitative estimate of drug-likeness (QED) is 0.510. The number of carbonyl (C=O) groups excluding carboxylic acids is 3.